The van der Waals surface area contributed by atoms with Crippen LogP contribution in [0.25, 0.3) is 11.0 Å². The number of ether oxygens (including phenoxy) is 1. The lowest BCUT2D eigenvalue weighted by Crippen LogP contribution is -2.44. The van der Waals surface area contributed by atoms with E-state index in [1.165, 1.54) is 25.3 Å². The van der Waals surface area contributed by atoms with E-state index >= 15 is 0 Å². The number of aromatic nitrogens is 1. The molecule has 0 aliphatic carbocycles. The Hall–Kier alpha value is -3.21. The van der Waals surface area contributed by atoms with E-state index in [-0.39, 0.29) is 52.2 Å². The molecule has 33 heavy (non-hydrogen) atoms. The van der Waals surface area contributed by atoms with Gasteiger partial charge in [-0.15, -0.1) is 0 Å². The van der Waals surface area contributed by atoms with Crippen molar-refractivity contribution in [1.82, 2.24) is 10.3 Å². The van der Waals surface area contributed by atoms with Crippen LogP contribution in [-0.4, -0.2) is 29.9 Å². The third-order valence-corrected chi connectivity index (χ3v) is 5.62. The fraction of sp³-hybridized carbons (Fsp3) is 0.364. The summed E-state index contributed by atoms with van der Waals surface area (Å²) in [7, 11) is 0. The van der Waals surface area contributed by atoms with Gasteiger partial charge in [0, 0.05) is 28.9 Å². The number of primary amides is 1. The second kappa shape index (κ2) is 8.29. The fourth-order valence-electron chi connectivity index (χ4n) is 4.16. The van der Waals surface area contributed by atoms with E-state index in [4.69, 9.17) is 14.9 Å². The van der Waals surface area contributed by atoms with Crippen molar-refractivity contribution in [3.8, 4) is 5.75 Å². The number of amides is 1. The van der Waals surface area contributed by atoms with Gasteiger partial charge in [-0.3, -0.25) is 9.78 Å². The number of alkyl halides is 5. The quantitative estimate of drug-likeness (QED) is 0.536. The highest BCUT2D eigenvalue weighted by Gasteiger charge is 2.45. The summed E-state index contributed by atoms with van der Waals surface area (Å²) in [6, 6.07) is 3.74. The molecular formula is C22H20F5N3O3. The number of pyridine rings is 1. The van der Waals surface area contributed by atoms with Gasteiger partial charge < -0.3 is 20.2 Å². The molecule has 1 saturated heterocycles. The summed E-state index contributed by atoms with van der Waals surface area (Å²) in [6.45, 7) is 0.873. The van der Waals surface area contributed by atoms with E-state index in [0.717, 1.165) is 6.07 Å². The number of hydrogen-bond acceptors (Lipinski definition) is 5. The third kappa shape index (κ3) is 4.37. The number of piperidine rings is 1. The van der Waals surface area contributed by atoms with Gasteiger partial charge in [0.2, 0.25) is 0 Å². The Balaban J connectivity index is 1.81. The van der Waals surface area contributed by atoms with Crippen LogP contribution in [-0.2, 0) is 12.8 Å². The topological polar surface area (TPSA) is 90.4 Å². The Morgan fingerprint density at radius 1 is 1.33 bits per heavy atom. The molecule has 4 rings (SSSR count). The number of aryl methyl sites for hydroxylation is 1. The van der Waals surface area contributed by atoms with Gasteiger partial charge in [0.05, 0.1) is 23.6 Å². The zero-order chi connectivity index (χ0) is 24.0. The van der Waals surface area contributed by atoms with Crippen molar-refractivity contribution in [1.29, 1.82) is 0 Å². The van der Waals surface area contributed by atoms with Crippen LogP contribution in [0.3, 0.4) is 0 Å². The molecule has 3 N–H and O–H groups in total. The van der Waals surface area contributed by atoms with Crippen LogP contribution in [0, 0.1) is 6.92 Å². The number of nitrogens with two attached hydrogens (primary N) is 1. The second-order valence-corrected chi connectivity index (χ2v) is 7.90. The van der Waals surface area contributed by atoms with Crippen molar-refractivity contribution in [2.75, 3.05) is 13.1 Å². The molecule has 2 aromatic heterocycles. The summed E-state index contributed by atoms with van der Waals surface area (Å²) in [6.07, 6.45) is -2.67. The molecule has 1 fully saturated rings. The zero-order valence-electron chi connectivity index (χ0n) is 17.4. The molecule has 3 heterocycles. The molecule has 1 aliphatic rings. The summed E-state index contributed by atoms with van der Waals surface area (Å²) in [5.41, 5.74) is 4.87. The Kier molecular flexibility index (Phi) is 5.77. The van der Waals surface area contributed by atoms with E-state index in [0.29, 0.717) is 12.7 Å². The van der Waals surface area contributed by atoms with Crippen molar-refractivity contribution in [2.24, 2.45) is 5.73 Å². The smallest absolute Gasteiger partial charge is 0.417 e. The summed E-state index contributed by atoms with van der Waals surface area (Å²) in [4.78, 5) is 15.7. The minimum absolute atomic E-state index is 0.00906. The summed E-state index contributed by atoms with van der Waals surface area (Å²) < 4.78 is 80.2. The Morgan fingerprint density at radius 3 is 2.76 bits per heavy atom. The maximum absolute atomic E-state index is 14.9. The first-order chi connectivity index (χ1) is 15.5. The molecule has 0 radical (unpaired) electrons. The van der Waals surface area contributed by atoms with E-state index in [9.17, 15) is 26.7 Å². The number of nitrogens with zero attached hydrogens (tertiary/aromatic N) is 1. The molecule has 1 aliphatic heterocycles. The number of hydrogen-bond donors (Lipinski definition) is 2. The van der Waals surface area contributed by atoms with E-state index in [1.807, 2.05) is 0 Å². The molecule has 0 bridgehead atoms. The first-order valence-corrected chi connectivity index (χ1v) is 10.1. The molecule has 1 atom stereocenters. The highest BCUT2D eigenvalue weighted by atomic mass is 19.4. The van der Waals surface area contributed by atoms with Crippen LogP contribution in [0.2, 0.25) is 0 Å². The van der Waals surface area contributed by atoms with Gasteiger partial charge in [-0.05, 0) is 38.1 Å². The van der Waals surface area contributed by atoms with Gasteiger partial charge in [0.25, 0.3) is 11.8 Å². The number of rotatable bonds is 5. The summed E-state index contributed by atoms with van der Waals surface area (Å²) in [5.74, 6) is -5.16. The highest BCUT2D eigenvalue weighted by Crippen LogP contribution is 2.47. The Morgan fingerprint density at radius 2 is 2.09 bits per heavy atom. The van der Waals surface area contributed by atoms with Crippen LogP contribution in [0.5, 0.6) is 5.75 Å². The van der Waals surface area contributed by atoms with Gasteiger partial charge in [-0.2, -0.15) is 13.2 Å². The Labute approximate surface area is 184 Å². The molecule has 0 saturated carbocycles. The molecule has 1 aromatic carbocycles. The summed E-state index contributed by atoms with van der Waals surface area (Å²) >= 11 is 0. The van der Waals surface area contributed by atoms with Gasteiger partial charge >= 0.3 is 6.18 Å². The maximum atomic E-state index is 14.9. The molecular weight excluding hydrogens is 449 g/mol. The Bertz CT molecular complexity index is 1210. The zero-order valence-corrected chi connectivity index (χ0v) is 17.4. The largest absolute Gasteiger partial charge is 0.489 e. The van der Waals surface area contributed by atoms with E-state index < -0.39 is 36.0 Å². The second-order valence-electron chi connectivity index (χ2n) is 7.90. The number of fused-ring (bicyclic) bond motifs is 1. The number of nitrogens with one attached hydrogen (secondary N) is 1. The summed E-state index contributed by atoms with van der Waals surface area (Å²) in [5, 5.41) is 2.77. The normalized spacial score (nSPS) is 18.4. The average molecular weight is 469 g/mol. The SMILES string of the molecule is Cc1oc2ccc(OCc3cncc(C(F)(F)F)c3)c(C3CCNCC3(F)F)c2c1C(N)=O. The number of carbonyl (C=O) groups is 1. The molecule has 6 nitrogen and oxygen atoms in total. The van der Waals surface area contributed by atoms with Crippen LogP contribution in [0.4, 0.5) is 22.0 Å². The first-order valence-electron chi connectivity index (χ1n) is 10.1. The maximum Gasteiger partial charge on any atom is 0.417 e. The van der Waals surface area contributed by atoms with Crippen molar-refractivity contribution in [2.45, 2.75) is 38.0 Å². The van der Waals surface area contributed by atoms with Gasteiger partial charge in [-0.1, -0.05) is 0 Å². The van der Waals surface area contributed by atoms with Gasteiger partial charge in [-0.25, -0.2) is 8.78 Å². The van der Waals surface area contributed by atoms with E-state index in [1.54, 1.807) is 0 Å². The highest BCUT2D eigenvalue weighted by molar-refractivity contribution is 6.08. The van der Waals surface area contributed by atoms with E-state index in [2.05, 4.69) is 10.3 Å². The molecule has 176 valence electrons. The van der Waals surface area contributed by atoms with Gasteiger partial charge in [0.1, 0.15) is 23.7 Å². The number of halogens is 5. The molecule has 3 aromatic rings. The average Bonchev–Trinajstić information content (AvgIpc) is 3.07. The fourth-order valence-corrected chi connectivity index (χ4v) is 4.16. The van der Waals surface area contributed by atoms with Crippen molar-refractivity contribution in [3.63, 3.8) is 0 Å². The molecule has 11 heteroatoms. The minimum atomic E-state index is -4.59. The number of carbonyl (C=O) groups excluding carboxylic acids is 1. The molecule has 1 amide bonds. The molecule has 0 spiro atoms. The van der Waals surface area contributed by atoms with Crippen molar-refractivity contribution >= 4 is 16.9 Å². The lowest BCUT2D eigenvalue weighted by Gasteiger charge is -2.33. The molecule has 1 unspecified atom stereocenters. The van der Waals surface area contributed by atoms with Crippen LogP contribution in [0.1, 0.15) is 45.1 Å². The third-order valence-electron chi connectivity index (χ3n) is 5.62. The monoisotopic (exact) mass is 469 g/mol. The number of benzene rings is 1. The standard InChI is InChI=1S/C22H20F5N3O3/c1-11-17(20(28)31)19-16(33-11)3-2-15(18(19)14-4-5-29-10-21(14,23)24)32-9-12-6-13(8-30-7-12)22(25,26)27/h2-3,6-8,14,29H,4-5,9-10H2,1H3,(H2,28,31). The van der Waals surface area contributed by atoms with Crippen LogP contribution >= 0.6 is 0 Å². The predicted octanol–water partition coefficient (Wildman–Crippen LogP) is 4.55. The van der Waals surface area contributed by atoms with Crippen LogP contribution < -0.4 is 15.8 Å². The van der Waals surface area contributed by atoms with Crippen LogP contribution in [0.15, 0.2) is 35.0 Å². The predicted molar refractivity (Wildman–Crippen MR) is 108 cm³/mol. The number of furan rings is 1. The van der Waals surface area contributed by atoms with Crippen molar-refractivity contribution < 1.29 is 35.9 Å². The lowest BCUT2D eigenvalue weighted by atomic mass is 9.83. The lowest BCUT2D eigenvalue weighted by molar-refractivity contribution is -0.137. The first kappa shape index (κ1) is 23.0. The van der Waals surface area contributed by atoms with Crippen molar-refractivity contribution in [3.05, 3.63) is 58.6 Å². The minimum Gasteiger partial charge on any atom is -0.489 e. The van der Waals surface area contributed by atoms with Gasteiger partial charge in [0.15, 0.2) is 0 Å².